The van der Waals surface area contributed by atoms with Crippen LogP contribution in [0.1, 0.15) is 5.56 Å². The van der Waals surface area contributed by atoms with Gasteiger partial charge in [-0.15, -0.1) is 0 Å². The molecule has 0 saturated carbocycles. The van der Waals surface area contributed by atoms with Crippen LogP contribution in [0.2, 0.25) is 0 Å². The Balaban J connectivity index is 1.02. The van der Waals surface area contributed by atoms with Gasteiger partial charge in [0, 0.05) is 38.0 Å². The molecular formula is C67H44N4Si. The van der Waals surface area contributed by atoms with Crippen LogP contribution in [0.15, 0.2) is 267 Å². The van der Waals surface area contributed by atoms with Gasteiger partial charge in [0.05, 0.1) is 44.5 Å². The molecule has 0 bridgehead atoms. The maximum atomic E-state index is 11.5. The summed E-state index contributed by atoms with van der Waals surface area (Å²) in [5.74, 6) is 0. The SMILES string of the molecule is N#Cc1c(-n2c3ccccc3c3ccccc32)cc(-c2cccc(-n3c4ccccc4c4cc([Si](c5ccccc5)(c5ccccc5)c5ccccc5)ccc43)c2)cc1-n1c2ccccc2c2ccccc21. The summed E-state index contributed by atoms with van der Waals surface area (Å²) in [5.41, 5.74) is 11.9. The van der Waals surface area contributed by atoms with Crippen molar-refractivity contribution < 1.29 is 0 Å². The van der Waals surface area contributed by atoms with Crippen LogP contribution in [-0.4, -0.2) is 21.8 Å². The maximum absolute atomic E-state index is 11.5. The highest BCUT2D eigenvalue weighted by atomic mass is 28.3. The molecule has 0 unspecified atom stereocenters. The van der Waals surface area contributed by atoms with Gasteiger partial charge in [-0.05, 0) is 92.5 Å². The number of fused-ring (bicyclic) bond motifs is 9. The monoisotopic (exact) mass is 932 g/mol. The number of hydrogen-bond acceptors (Lipinski definition) is 1. The minimum atomic E-state index is -2.80. The molecular weight excluding hydrogens is 889 g/mol. The molecule has 72 heavy (non-hydrogen) atoms. The lowest BCUT2D eigenvalue weighted by molar-refractivity contribution is 1.12. The van der Waals surface area contributed by atoms with E-state index in [4.69, 9.17) is 0 Å². The van der Waals surface area contributed by atoms with Gasteiger partial charge in [-0.2, -0.15) is 5.26 Å². The van der Waals surface area contributed by atoms with Crippen LogP contribution < -0.4 is 20.7 Å². The Hall–Kier alpha value is -9.47. The van der Waals surface area contributed by atoms with Gasteiger partial charge in [-0.3, -0.25) is 0 Å². The Morgan fingerprint density at radius 3 is 1.08 bits per heavy atom. The van der Waals surface area contributed by atoms with Crippen molar-refractivity contribution in [3.63, 3.8) is 0 Å². The molecule has 3 aromatic heterocycles. The van der Waals surface area contributed by atoms with Crippen LogP contribution in [0.4, 0.5) is 0 Å². The van der Waals surface area contributed by atoms with Crippen molar-refractivity contribution in [2.75, 3.05) is 0 Å². The first kappa shape index (κ1) is 41.5. The largest absolute Gasteiger partial charge is 0.309 e. The number of nitrogens with zero attached hydrogens (tertiary/aromatic N) is 4. The zero-order valence-electron chi connectivity index (χ0n) is 39.2. The number of benzene rings is 11. The van der Waals surface area contributed by atoms with E-state index in [0.717, 1.165) is 82.8 Å². The van der Waals surface area contributed by atoms with E-state index >= 15 is 0 Å². The van der Waals surface area contributed by atoms with E-state index in [9.17, 15) is 5.26 Å². The average Bonchev–Trinajstić information content (AvgIpc) is 4.09. The Labute approximate surface area is 417 Å². The van der Waals surface area contributed by atoms with Gasteiger partial charge in [0.25, 0.3) is 0 Å². The molecule has 0 saturated heterocycles. The molecule has 0 radical (unpaired) electrons. The highest BCUT2D eigenvalue weighted by Crippen LogP contribution is 2.41. The highest BCUT2D eigenvalue weighted by molar-refractivity contribution is 7.20. The zero-order valence-corrected chi connectivity index (χ0v) is 40.2. The highest BCUT2D eigenvalue weighted by Gasteiger charge is 2.41. The number of rotatable bonds is 8. The van der Waals surface area contributed by atoms with Crippen LogP contribution in [0.25, 0.3) is 93.6 Å². The first-order valence-corrected chi connectivity index (χ1v) is 26.6. The maximum Gasteiger partial charge on any atom is 0.179 e. The van der Waals surface area contributed by atoms with E-state index in [1.165, 1.54) is 31.5 Å². The van der Waals surface area contributed by atoms with Crippen LogP contribution in [0.5, 0.6) is 0 Å². The summed E-state index contributed by atoms with van der Waals surface area (Å²) in [7, 11) is -2.80. The molecule has 0 fully saturated rings. The number of para-hydroxylation sites is 5. The molecule has 0 spiro atoms. The molecule has 0 aliphatic heterocycles. The molecule has 0 atom stereocenters. The summed E-state index contributed by atoms with van der Waals surface area (Å²) >= 11 is 0. The first-order valence-electron chi connectivity index (χ1n) is 24.6. The van der Waals surface area contributed by atoms with Crippen molar-refractivity contribution in [1.29, 1.82) is 5.26 Å². The fourth-order valence-corrected chi connectivity index (χ4v) is 16.8. The summed E-state index contributed by atoms with van der Waals surface area (Å²) in [6.07, 6.45) is 0. The quantitative estimate of drug-likeness (QED) is 0.111. The Morgan fingerprint density at radius 1 is 0.278 bits per heavy atom. The third kappa shape index (κ3) is 6.16. The zero-order chi connectivity index (χ0) is 47.8. The normalized spacial score (nSPS) is 11.9. The number of nitriles is 1. The van der Waals surface area contributed by atoms with E-state index in [2.05, 4.69) is 287 Å². The minimum absolute atomic E-state index is 0.604. The van der Waals surface area contributed by atoms with Crippen LogP contribution >= 0.6 is 0 Å². The van der Waals surface area contributed by atoms with Gasteiger partial charge in [0.2, 0.25) is 0 Å². The Morgan fingerprint density at radius 2 is 0.653 bits per heavy atom. The third-order valence-corrected chi connectivity index (χ3v) is 19.8. The second-order valence-electron chi connectivity index (χ2n) is 18.7. The van der Waals surface area contributed by atoms with Gasteiger partial charge < -0.3 is 13.7 Å². The standard InChI is InChI=1S/C67H44N4Si/c68-45-59-66(70-61-35-16-10-29-53(61)54-30-11-17-36-62(54)70)42-47(43-67(59)71-63-37-18-12-31-55(63)56-32-13-19-38-64(56)71)46-21-20-22-48(41-46)69-60-34-15-14-33-57(60)58-44-52(39-40-65(58)69)72(49-23-4-1-5-24-49,50-25-6-2-7-26-50)51-27-8-3-9-28-51/h1-44H. The van der Waals surface area contributed by atoms with E-state index in [-0.39, 0.29) is 0 Å². The van der Waals surface area contributed by atoms with Gasteiger partial charge in [-0.1, -0.05) is 206 Å². The van der Waals surface area contributed by atoms with Gasteiger partial charge >= 0.3 is 0 Å². The predicted octanol–water partition coefficient (Wildman–Crippen LogP) is 13.9. The van der Waals surface area contributed by atoms with Gasteiger partial charge in [0.15, 0.2) is 8.07 Å². The lowest BCUT2D eigenvalue weighted by Crippen LogP contribution is -2.74. The average molecular weight is 933 g/mol. The molecule has 336 valence electrons. The van der Waals surface area contributed by atoms with Crippen LogP contribution in [0.3, 0.4) is 0 Å². The molecule has 14 aromatic rings. The molecule has 4 nitrogen and oxygen atoms in total. The number of aromatic nitrogens is 3. The first-order chi connectivity index (χ1) is 35.7. The van der Waals surface area contributed by atoms with Crippen LogP contribution in [-0.2, 0) is 0 Å². The van der Waals surface area contributed by atoms with Gasteiger partial charge in [0.1, 0.15) is 11.6 Å². The van der Waals surface area contributed by atoms with E-state index in [1.807, 2.05) is 0 Å². The molecule has 0 aliphatic carbocycles. The molecule has 5 heteroatoms. The topological polar surface area (TPSA) is 38.6 Å². The Bertz CT molecular complexity index is 4120. The molecule has 11 aromatic carbocycles. The predicted molar refractivity (Wildman–Crippen MR) is 303 cm³/mol. The summed E-state index contributed by atoms with van der Waals surface area (Å²) in [6, 6.07) is 99.9. The summed E-state index contributed by atoms with van der Waals surface area (Å²) < 4.78 is 7.02. The fourth-order valence-electron chi connectivity index (χ4n) is 12.0. The van der Waals surface area contributed by atoms with Crippen molar-refractivity contribution in [1.82, 2.24) is 13.7 Å². The van der Waals surface area contributed by atoms with E-state index < -0.39 is 8.07 Å². The fraction of sp³-hybridized carbons (Fsp3) is 0. The molecule has 3 heterocycles. The van der Waals surface area contributed by atoms with Crippen molar-refractivity contribution in [3.05, 3.63) is 272 Å². The molecule has 14 rings (SSSR count). The van der Waals surface area contributed by atoms with Gasteiger partial charge in [-0.25, -0.2) is 0 Å². The smallest absolute Gasteiger partial charge is 0.179 e. The lowest BCUT2D eigenvalue weighted by atomic mass is 9.99. The second kappa shape index (κ2) is 16.6. The number of hydrogen-bond donors (Lipinski definition) is 0. The van der Waals surface area contributed by atoms with E-state index in [1.54, 1.807) is 0 Å². The lowest BCUT2D eigenvalue weighted by Gasteiger charge is -2.34. The molecule has 0 amide bonds. The van der Waals surface area contributed by atoms with Crippen molar-refractivity contribution >= 4 is 94.2 Å². The summed E-state index contributed by atoms with van der Waals surface area (Å²) in [6.45, 7) is 0. The molecule has 0 aliphatic rings. The van der Waals surface area contributed by atoms with E-state index in [0.29, 0.717) is 5.56 Å². The third-order valence-electron chi connectivity index (χ3n) is 15.0. The van der Waals surface area contributed by atoms with Crippen molar-refractivity contribution in [2.45, 2.75) is 0 Å². The van der Waals surface area contributed by atoms with Crippen LogP contribution in [0, 0.1) is 11.3 Å². The summed E-state index contributed by atoms with van der Waals surface area (Å²) in [5, 5.41) is 23.9. The van der Waals surface area contributed by atoms with Crippen molar-refractivity contribution in [2.24, 2.45) is 0 Å². The van der Waals surface area contributed by atoms with Crippen molar-refractivity contribution in [3.8, 4) is 34.3 Å². The minimum Gasteiger partial charge on any atom is -0.309 e. The second-order valence-corrected chi connectivity index (χ2v) is 22.5. The Kier molecular flexibility index (Phi) is 9.57. The molecule has 0 N–H and O–H groups in total. The summed E-state index contributed by atoms with van der Waals surface area (Å²) in [4.78, 5) is 0.